The third-order valence-corrected chi connectivity index (χ3v) is 5.37. The number of piperazine rings is 1. The molecule has 1 fully saturated rings. The second kappa shape index (κ2) is 6.97. The highest BCUT2D eigenvalue weighted by Gasteiger charge is 2.37. The van der Waals surface area contributed by atoms with Crippen molar-refractivity contribution >= 4 is 11.8 Å². The molecular formula is C17H28N2S. The molecule has 0 spiro atoms. The Hall–Kier alpha value is -0.510. The van der Waals surface area contributed by atoms with Crippen LogP contribution in [0.4, 0.5) is 0 Å². The Balaban J connectivity index is 2.18. The monoisotopic (exact) mass is 292 g/mol. The molecule has 1 N–H and O–H groups in total. The van der Waals surface area contributed by atoms with Gasteiger partial charge >= 0.3 is 0 Å². The molecular weight excluding hydrogens is 264 g/mol. The zero-order valence-corrected chi connectivity index (χ0v) is 14.0. The first-order chi connectivity index (χ1) is 9.60. The highest BCUT2D eigenvalue weighted by atomic mass is 32.2. The van der Waals surface area contributed by atoms with E-state index in [9.17, 15) is 0 Å². The van der Waals surface area contributed by atoms with E-state index in [-0.39, 0.29) is 5.54 Å². The van der Waals surface area contributed by atoms with Crippen molar-refractivity contribution < 1.29 is 0 Å². The van der Waals surface area contributed by atoms with Crippen molar-refractivity contribution in [2.75, 3.05) is 25.1 Å². The fourth-order valence-corrected chi connectivity index (χ4v) is 3.92. The zero-order valence-electron chi connectivity index (χ0n) is 13.2. The van der Waals surface area contributed by atoms with Gasteiger partial charge in [0.1, 0.15) is 0 Å². The van der Waals surface area contributed by atoms with Crippen LogP contribution < -0.4 is 5.32 Å². The number of nitrogens with one attached hydrogen (secondary N) is 1. The van der Waals surface area contributed by atoms with Gasteiger partial charge in [-0.2, -0.15) is 11.8 Å². The van der Waals surface area contributed by atoms with Gasteiger partial charge in [-0.3, -0.25) is 4.90 Å². The lowest BCUT2D eigenvalue weighted by atomic mass is 9.87. The number of benzene rings is 1. The van der Waals surface area contributed by atoms with Crippen LogP contribution in [0.2, 0.25) is 0 Å². The lowest BCUT2D eigenvalue weighted by molar-refractivity contribution is 0.0581. The summed E-state index contributed by atoms with van der Waals surface area (Å²) in [4.78, 5) is 2.71. The maximum Gasteiger partial charge on any atom is 0.0535 e. The molecule has 112 valence electrons. The van der Waals surface area contributed by atoms with Crippen molar-refractivity contribution in [1.29, 1.82) is 0 Å². The molecule has 1 aromatic rings. The third kappa shape index (κ3) is 3.38. The van der Waals surface area contributed by atoms with E-state index in [2.05, 4.69) is 67.6 Å². The minimum Gasteiger partial charge on any atom is -0.305 e. The van der Waals surface area contributed by atoms with E-state index in [0.717, 1.165) is 13.1 Å². The van der Waals surface area contributed by atoms with Crippen LogP contribution in [0.5, 0.6) is 0 Å². The maximum absolute atomic E-state index is 3.79. The summed E-state index contributed by atoms with van der Waals surface area (Å²) in [5.74, 6) is 1.21. The van der Waals surface area contributed by atoms with E-state index in [4.69, 9.17) is 0 Å². The van der Waals surface area contributed by atoms with Crippen LogP contribution in [-0.2, 0) is 5.54 Å². The van der Waals surface area contributed by atoms with Crippen molar-refractivity contribution in [3.63, 3.8) is 0 Å². The van der Waals surface area contributed by atoms with Crippen molar-refractivity contribution in [2.24, 2.45) is 0 Å². The number of hydrogen-bond donors (Lipinski definition) is 1. The Bertz CT molecular complexity index is 409. The summed E-state index contributed by atoms with van der Waals surface area (Å²) in [6.45, 7) is 9.19. The summed E-state index contributed by atoms with van der Waals surface area (Å²) < 4.78 is 0. The molecule has 1 aromatic carbocycles. The largest absolute Gasteiger partial charge is 0.305 e. The summed E-state index contributed by atoms with van der Waals surface area (Å²) >= 11 is 1.95. The molecule has 0 amide bonds. The summed E-state index contributed by atoms with van der Waals surface area (Å²) in [5, 5.41) is 3.79. The van der Waals surface area contributed by atoms with Gasteiger partial charge in [0.15, 0.2) is 0 Å². The number of hydrogen-bond acceptors (Lipinski definition) is 3. The highest BCUT2D eigenvalue weighted by molar-refractivity contribution is 7.98. The molecule has 1 saturated heterocycles. The van der Waals surface area contributed by atoms with Crippen LogP contribution in [0, 0.1) is 0 Å². The van der Waals surface area contributed by atoms with E-state index in [1.54, 1.807) is 0 Å². The number of rotatable bonds is 5. The highest BCUT2D eigenvalue weighted by Crippen LogP contribution is 2.29. The fourth-order valence-electron chi connectivity index (χ4n) is 3.24. The molecule has 3 heteroatoms. The van der Waals surface area contributed by atoms with Crippen LogP contribution >= 0.6 is 11.8 Å². The van der Waals surface area contributed by atoms with E-state index >= 15 is 0 Å². The molecule has 0 aromatic heterocycles. The van der Waals surface area contributed by atoms with Crippen LogP contribution in [0.25, 0.3) is 0 Å². The Labute approximate surface area is 128 Å². The van der Waals surface area contributed by atoms with E-state index < -0.39 is 0 Å². The summed E-state index contributed by atoms with van der Waals surface area (Å²) in [5.41, 5.74) is 1.47. The third-order valence-electron chi connectivity index (χ3n) is 4.55. The van der Waals surface area contributed by atoms with E-state index in [1.807, 2.05) is 11.8 Å². The Kier molecular flexibility index (Phi) is 5.53. The topological polar surface area (TPSA) is 15.3 Å². The van der Waals surface area contributed by atoms with Gasteiger partial charge in [-0.25, -0.2) is 0 Å². The minimum atomic E-state index is 0.0690. The quantitative estimate of drug-likeness (QED) is 0.896. The van der Waals surface area contributed by atoms with Crippen LogP contribution in [-0.4, -0.2) is 42.1 Å². The summed E-state index contributed by atoms with van der Waals surface area (Å²) in [6, 6.07) is 12.2. The maximum atomic E-state index is 3.79. The predicted octanol–water partition coefficient (Wildman–Crippen LogP) is 3.34. The van der Waals surface area contributed by atoms with Crippen molar-refractivity contribution in [2.45, 2.75) is 44.8 Å². The number of nitrogens with zero attached hydrogens (tertiary/aromatic N) is 1. The molecule has 1 heterocycles. The summed E-state index contributed by atoms with van der Waals surface area (Å²) in [6.07, 6.45) is 3.42. The normalized spacial score (nSPS) is 29.3. The van der Waals surface area contributed by atoms with E-state index in [1.165, 1.54) is 17.7 Å². The second-order valence-electron chi connectivity index (χ2n) is 6.12. The van der Waals surface area contributed by atoms with Gasteiger partial charge in [0.05, 0.1) is 5.54 Å². The average molecular weight is 292 g/mol. The van der Waals surface area contributed by atoms with Gasteiger partial charge in [-0.05, 0) is 32.1 Å². The SMILES string of the molecule is CCC1CNC(C)(c2ccccc2)CN1C(C)CSC. The van der Waals surface area contributed by atoms with Crippen LogP contribution in [0.15, 0.2) is 30.3 Å². The van der Waals surface area contributed by atoms with Gasteiger partial charge in [0, 0.05) is 30.9 Å². The first kappa shape index (κ1) is 15.9. The Morgan fingerprint density at radius 2 is 2.10 bits per heavy atom. The van der Waals surface area contributed by atoms with E-state index in [0.29, 0.717) is 12.1 Å². The molecule has 3 unspecified atom stereocenters. The second-order valence-corrected chi connectivity index (χ2v) is 7.03. The van der Waals surface area contributed by atoms with Crippen LogP contribution in [0.1, 0.15) is 32.8 Å². The Morgan fingerprint density at radius 3 is 2.70 bits per heavy atom. The molecule has 0 saturated carbocycles. The molecule has 2 nitrogen and oxygen atoms in total. The average Bonchev–Trinajstić information content (AvgIpc) is 2.48. The van der Waals surface area contributed by atoms with Gasteiger partial charge in [-0.1, -0.05) is 37.3 Å². The summed E-state index contributed by atoms with van der Waals surface area (Å²) in [7, 11) is 0. The molecule has 0 radical (unpaired) electrons. The first-order valence-electron chi connectivity index (χ1n) is 7.66. The molecule has 0 bridgehead atoms. The molecule has 1 aliphatic heterocycles. The van der Waals surface area contributed by atoms with Gasteiger partial charge in [-0.15, -0.1) is 0 Å². The molecule has 1 aliphatic rings. The van der Waals surface area contributed by atoms with Gasteiger partial charge in [0.2, 0.25) is 0 Å². The van der Waals surface area contributed by atoms with Crippen LogP contribution in [0.3, 0.4) is 0 Å². The molecule has 20 heavy (non-hydrogen) atoms. The fraction of sp³-hybridized carbons (Fsp3) is 0.647. The van der Waals surface area contributed by atoms with Crippen molar-refractivity contribution in [1.82, 2.24) is 10.2 Å². The first-order valence-corrected chi connectivity index (χ1v) is 9.05. The van der Waals surface area contributed by atoms with Crippen molar-refractivity contribution in [3.05, 3.63) is 35.9 Å². The standard InChI is InChI=1S/C17H28N2S/c1-5-16-11-18-17(3,15-9-7-6-8-10-15)13-19(16)14(2)12-20-4/h6-10,14,16,18H,5,11-13H2,1-4H3. The number of thioether (sulfide) groups is 1. The molecule has 3 atom stereocenters. The lowest BCUT2D eigenvalue weighted by Gasteiger charge is -2.48. The Morgan fingerprint density at radius 1 is 1.40 bits per heavy atom. The van der Waals surface area contributed by atoms with Gasteiger partial charge < -0.3 is 5.32 Å². The molecule has 2 rings (SSSR count). The predicted molar refractivity (Wildman–Crippen MR) is 90.4 cm³/mol. The molecule has 0 aliphatic carbocycles. The smallest absolute Gasteiger partial charge is 0.0535 e. The lowest BCUT2D eigenvalue weighted by Crippen LogP contribution is -2.63. The van der Waals surface area contributed by atoms with Crippen molar-refractivity contribution in [3.8, 4) is 0 Å². The zero-order chi connectivity index (χ0) is 14.6. The van der Waals surface area contributed by atoms with Gasteiger partial charge in [0.25, 0.3) is 0 Å². The minimum absolute atomic E-state index is 0.0690.